The van der Waals surface area contributed by atoms with Crippen molar-refractivity contribution in [1.29, 1.82) is 0 Å². The molecule has 6 fully saturated rings. The van der Waals surface area contributed by atoms with Gasteiger partial charge in [-0.1, -0.05) is 18.2 Å². The van der Waals surface area contributed by atoms with Crippen molar-refractivity contribution < 1.29 is 53.3 Å². The summed E-state index contributed by atoms with van der Waals surface area (Å²) in [7, 11) is 8.20. The predicted octanol–water partition coefficient (Wildman–Crippen LogP) is 0.680. The maximum Gasteiger partial charge on any atom is 0.338 e. The first-order chi connectivity index (χ1) is 21.4. The lowest BCUT2D eigenvalue weighted by atomic mass is 9.42. The molecule has 15 atom stereocenters. The molecular weight excluding hydrogens is 622 g/mol. The number of halogens is 1. The number of aliphatic hydroxyl groups is 3. The van der Waals surface area contributed by atoms with E-state index in [2.05, 4.69) is 4.90 Å². The van der Waals surface area contributed by atoms with Gasteiger partial charge >= 0.3 is 11.9 Å². The van der Waals surface area contributed by atoms with Crippen LogP contribution in [0.2, 0.25) is 0 Å². The number of benzene rings is 1. The Morgan fingerprint density at radius 2 is 1.70 bits per heavy atom. The lowest BCUT2D eigenvalue weighted by Gasteiger charge is -2.70. The van der Waals surface area contributed by atoms with E-state index in [1.54, 1.807) is 51.7 Å². The van der Waals surface area contributed by atoms with Crippen molar-refractivity contribution in [1.82, 2.24) is 4.90 Å². The lowest BCUT2D eigenvalue weighted by Crippen LogP contribution is -2.81. The Bertz CT molecular complexity index is 1350. The predicted molar refractivity (Wildman–Crippen MR) is 163 cm³/mol. The van der Waals surface area contributed by atoms with Gasteiger partial charge in [-0.3, -0.25) is 4.79 Å². The molecule has 256 valence electrons. The van der Waals surface area contributed by atoms with Crippen LogP contribution in [0.4, 0.5) is 0 Å². The van der Waals surface area contributed by atoms with E-state index >= 15 is 0 Å². The minimum absolute atomic E-state index is 0. The molecule has 5 saturated carbocycles. The summed E-state index contributed by atoms with van der Waals surface area (Å²) in [5, 5.41) is 37.0. The molecule has 46 heavy (non-hydrogen) atoms. The summed E-state index contributed by atoms with van der Waals surface area (Å²) in [4.78, 5) is 29.1. The fourth-order valence-corrected chi connectivity index (χ4v) is 12.2. The standard InChI is InChI=1S/C33H45NO11.ClH/c1-16(35)45-33-21-18(13-31(39,28(43-6)26(33)37)27(21)44-29(38)17-10-8-7-9-11-17)32-20(41-4)12-19(36)30(15-40-3)14-34(2)25(32)22(33)23(42-5)24(30)32;/h7-11,18-28,36-37,39H,12-15H2,1-6H3;1H/t18-,19-,20+,21-,22-,23+,24-,25?,26+,27-,28+,30+,31+,32+,33-;/m1./s1. The number of fused-ring (bicyclic) bond motifs is 2. The summed E-state index contributed by atoms with van der Waals surface area (Å²) in [5.74, 6) is -3.66. The molecule has 1 spiro atoms. The first-order valence-corrected chi connectivity index (χ1v) is 15.8. The number of aliphatic hydroxyl groups excluding tert-OH is 2. The van der Waals surface area contributed by atoms with Crippen LogP contribution in [-0.4, -0.2) is 135 Å². The molecule has 0 amide bonds. The van der Waals surface area contributed by atoms with Gasteiger partial charge in [0.1, 0.15) is 23.9 Å². The van der Waals surface area contributed by atoms with E-state index in [-0.39, 0.29) is 37.4 Å². The highest BCUT2D eigenvalue weighted by Crippen LogP contribution is 2.80. The highest BCUT2D eigenvalue weighted by Gasteiger charge is 2.92. The molecule has 1 saturated heterocycles. The number of hydrogen-bond acceptors (Lipinski definition) is 12. The zero-order chi connectivity index (χ0) is 32.3. The monoisotopic (exact) mass is 667 g/mol. The molecule has 1 aromatic rings. The number of rotatable bonds is 8. The van der Waals surface area contributed by atoms with Crippen LogP contribution >= 0.6 is 12.4 Å². The van der Waals surface area contributed by atoms with Crippen molar-refractivity contribution in [2.24, 2.45) is 34.5 Å². The Hall–Kier alpha value is -1.87. The SMILES string of the molecule is COC[C@]12CN(C)C3[C@H]4[C@H](OC)[C@H]1[C@@]3([C@@H](OC)C[C@H]2O)[C@@H]1C[C@]2(O)[C@H](OC(=O)c3ccccc3)[C@@H]1[C@]4(OC(C)=O)[C@@H](O)[C@@H]2OC.Cl. The highest BCUT2D eigenvalue weighted by atomic mass is 35.5. The Balaban J connectivity index is 0.00000372. The van der Waals surface area contributed by atoms with Crippen LogP contribution in [0.3, 0.4) is 0 Å². The summed E-state index contributed by atoms with van der Waals surface area (Å²) < 4.78 is 37.2. The van der Waals surface area contributed by atoms with E-state index in [1.165, 1.54) is 14.0 Å². The summed E-state index contributed by atoms with van der Waals surface area (Å²) in [6.07, 6.45) is -5.50. The number of methoxy groups -OCH3 is 4. The number of carbonyl (C=O) groups is 2. The van der Waals surface area contributed by atoms with Gasteiger partial charge in [0.25, 0.3) is 0 Å². The minimum atomic E-state index is -1.83. The molecule has 0 radical (unpaired) electrons. The van der Waals surface area contributed by atoms with E-state index in [1.807, 2.05) is 7.05 Å². The Kier molecular flexibility index (Phi) is 8.39. The molecule has 13 heteroatoms. The highest BCUT2D eigenvalue weighted by molar-refractivity contribution is 5.89. The van der Waals surface area contributed by atoms with Crippen LogP contribution in [-0.2, 0) is 33.2 Å². The topological polar surface area (TPSA) is 153 Å². The number of likely N-dealkylation sites (tertiary alicyclic amines) is 1. The van der Waals surface area contributed by atoms with Crippen molar-refractivity contribution in [2.45, 2.75) is 73.6 Å². The van der Waals surface area contributed by atoms with E-state index in [0.29, 0.717) is 18.5 Å². The third-order valence-corrected chi connectivity index (χ3v) is 12.9. The van der Waals surface area contributed by atoms with Gasteiger partial charge in [0, 0.05) is 83.0 Å². The summed E-state index contributed by atoms with van der Waals surface area (Å²) in [6, 6.07) is 8.15. The third kappa shape index (κ3) is 3.79. The molecule has 1 aromatic carbocycles. The quantitative estimate of drug-likeness (QED) is 0.334. The first-order valence-electron chi connectivity index (χ1n) is 15.8. The van der Waals surface area contributed by atoms with Crippen LogP contribution < -0.4 is 0 Å². The number of hydrogen-bond donors (Lipinski definition) is 3. The second-order valence-electron chi connectivity index (χ2n) is 14.3. The maximum absolute atomic E-state index is 13.7. The summed E-state index contributed by atoms with van der Waals surface area (Å²) >= 11 is 0. The second-order valence-corrected chi connectivity index (χ2v) is 14.3. The van der Waals surface area contributed by atoms with Gasteiger partial charge in [0.2, 0.25) is 0 Å². The van der Waals surface area contributed by atoms with E-state index < -0.39 is 88.3 Å². The fourth-order valence-electron chi connectivity index (χ4n) is 12.2. The van der Waals surface area contributed by atoms with Gasteiger partial charge in [-0.25, -0.2) is 4.79 Å². The Labute approximate surface area is 275 Å². The molecule has 12 nitrogen and oxygen atoms in total. The van der Waals surface area contributed by atoms with Crippen molar-refractivity contribution in [2.75, 3.05) is 48.6 Å². The van der Waals surface area contributed by atoms with Crippen LogP contribution in [0.5, 0.6) is 0 Å². The normalized spacial score (nSPS) is 49.6. The molecule has 5 aliphatic carbocycles. The van der Waals surface area contributed by atoms with Crippen LogP contribution in [0, 0.1) is 34.5 Å². The van der Waals surface area contributed by atoms with Gasteiger partial charge in [-0.2, -0.15) is 0 Å². The molecule has 0 aromatic heterocycles. The second kappa shape index (κ2) is 11.3. The van der Waals surface area contributed by atoms with Crippen molar-refractivity contribution in [3.05, 3.63) is 35.9 Å². The molecule has 1 aliphatic heterocycles. The average Bonchev–Trinajstić information content (AvgIpc) is 3.40. The smallest absolute Gasteiger partial charge is 0.338 e. The fraction of sp³-hybridized carbons (Fsp3) is 0.758. The minimum Gasteiger partial charge on any atom is -0.455 e. The van der Waals surface area contributed by atoms with Gasteiger partial charge in [0.15, 0.2) is 5.60 Å². The van der Waals surface area contributed by atoms with Gasteiger partial charge < -0.3 is 48.6 Å². The third-order valence-electron chi connectivity index (χ3n) is 12.9. The molecule has 7 bridgehead atoms. The average molecular weight is 668 g/mol. The van der Waals surface area contributed by atoms with Gasteiger partial charge in [-0.05, 0) is 31.5 Å². The Morgan fingerprint density at radius 3 is 2.28 bits per heavy atom. The number of nitrogens with zero attached hydrogens (tertiary/aromatic N) is 1. The number of piperidine rings is 1. The molecule has 1 unspecified atom stereocenters. The van der Waals surface area contributed by atoms with E-state index in [0.717, 1.165) is 0 Å². The van der Waals surface area contributed by atoms with Gasteiger partial charge in [0.05, 0.1) is 30.5 Å². The number of esters is 2. The molecule has 6 aliphatic rings. The first kappa shape index (κ1) is 34.0. The maximum atomic E-state index is 13.7. The van der Waals surface area contributed by atoms with Crippen molar-refractivity contribution >= 4 is 24.3 Å². The molecule has 1 heterocycles. The van der Waals surface area contributed by atoms with Crippen LogP contribution in [0.15, 0.2) is 30.3 Å². The molecular formula is C33H46ClNO11. The summed E-state index contributed by atoms with van der Waals surface area (Å²) in [6.45, 7) is 2.00. The summed E-state index contributed by atoms with van der Waals surface area (Å²) in [5.41, 5.74) is -4.79. The zero-order valence-corrected chi connectivity index (χ0v) is 27.8. The van der Waals surface area contributed by atoms with Crippen LogP contribution in [0.1, 0.15) is 30.1 Å². The molecule has 7 rings (SSSR count). The molecule has 3 N–H and O–H groups in total. The van der Waals surface area contributed by atoms with Gasteiger partial charge in [-0.15, -0.1) is 12.4 Å². The van der Waals surface area contributed by atoms with Crippen molar-refractivity contribution in [3.63, 3.8) is 0 Å². The Morgan fingerprint density at radius 1 is 1.00 bits per heavy atom. The van der Waals surface area contributed by atoms with Crippen LogP contribution in [0.25, 0.3) is 0 Å². The lowest BCUT2D eigenvalue weighted by molar-refractivity contribution is -0.321. The van der Waals surface area contributed by atoms with E-state index in [4.69, 9.17) is 28.4 Å². The largest absolute Gasteiger partial charge is 0.455 e. The number of ether oxygens (including phenoxy) is 6. The zero-order valence-electron chi connectivity index (χ0n) is 27.0. The van der Waals surface area contributed by atoms with E-state index in [9.17, 15) is 24.9 Å². The number of carbonyl (C=O) groups excluding carboxylic acids is 2. The van der Waals surface area contributed by atoms with Crippen molar-refractivity contribution in [3.8, 4) is 0 Å².